The molecule has 0 saturated heterocycles. The van der Waals surface area contributed by atoms with Crippen LogP contribution < -0.4 is 5.32 Å². The zero-order valence-electron chi connectivity index (χ0n) is 12.9. The summed E-state index contributed by atoms with van der Waals surface area (Å²) in [7, 11) is 0. The number of rotatable bonds is 3. The molecule has 3 rings (SSSR count). The quantitative estimate of drug-likeness (QED) is 0.813. The Kier molecular flexibility index (Phi) is 3.83. The number of aromatic nitrogens is 1. The number of carbonyl (C=O) groups excluding carboxylic acids is 1. The first-order valence-corrected chi connectivity index (χ1v) is 7.73. The van der Waals surface area contributed by atoms with Gasteiger partial charge in [0, 0.05) is 10.9 Å². The molecule has 1 fully saturated rings. The van der Waals surface area contributed by atoms with Crippen molar-refractivity contribution in [3.8, 4) is 0 Å². The third-order valence-corrected chi connectivity index (χ3v) is 4.76. The molecule has 1 heterocycles. The van der Waals surface area contributed by atoms with Gasteiger partial charge in [0.05, 0.1) is 11.5 Å². The Hall–Kier alpha value is -2.37. The molecule has 1 saturated carbocycles. The van der Waals surface area contributed by atoms with Gasteiger partial charge in [0.1, 0.15) is 11.5 Å². The van der Waals surface area contributed by atoms with E-state index in [9.17, 15) is 19.1 Å². The topological polar surface area (TPSA) is 82.2 Å². The highest BCUT2D eigenvalue weighted by Crippen LogP contribution is 2.34. The lowest BCUT2D eigenvalue weighted by atomic mass is 9.74. The minimum absolute atomic E-state index is 0.237. The predicted octanol–water partition coefficient (Wildman–Crippen LogP) is 3.07. The molecule has 6 heteroatoms. The van der Waals surface area contributed by atoms with Crippen LogP contribution in [0.5, 0.6) is 0 Å². The number of benzene rings is 1. The molecule has 3 N–H and O–H groups in total. The summed E-state index contributed by atoms with van der Waals surface area (Å²) in [5.74, 6) is -2.31. The van der Waals surface area contributed by atoms with Gasteiger partial charge in [-0.15, -0.1) is 0 Å². The molecule has 1 aliphatic carbocycles. The average Bonchev–Trinajstić information content (AvgIpc) is 2.92. The number of halogens is 1. The van der Waals surface area contributed by atoms with Crippen LogP contribution in [0.15, 0.2) is 24.3 Å². The summed E-state index contributed by atoms with van der Waals surface area (Å²) in [6.07, 6.45) is 2.89. The van der Waals surface area contributed by atoms with Crippen molar-refractivity contribution in [1.29, 1.82) is 0 Å². The van der Waals surface area contributed by atoms with Gasteiger partial charge < -0.3 is 15.4 Å². The summed E-state index contributed by atoms with van der Waals surface area (Å²) < 4.78 is 13.7. The first-order chi connectivity index (χ1) is 10.9. The summed E-state index contributed by atoms with van der Waals surface area (Å²) in [5, 5.41) is 12.6. The van der Waals surface area contributed by atoms with Crippen molar-refractivity contribution in [3.05, 3.63) is 35.8 Å². The van der Waals surface area contributed by atoms with Crippen LogP contribution in [0.3, 0.4) is 0 Å². The van der Waals surface area contributed by atoms with Crippen molar-refractivity contribution in [2.75, 3.05) is 0 Å². The summed E-state index contributed by atoms with van der Waals surface area (Å²) in [6, 6.07) is 6.05. The van der Waals surface area contributed by atoms with Gasteiger partial charge in [-0.25, -0.2) is 4.39 Å². The van der Waals surface area contributed by atoms with E-state index in [1.54, 1.807) is 19.1 Å². The zero-order chi connectivity index (χ0) is 16.6. The Morgan fingerprint density at radius 2 is 2.17 bits per heavy atom. The van der Waals surface area contributed by atoms with E-state index in [2.05, 4.69) is 10.3 Å². The molecule has 2 aromatic rings. The molecule has 122 valence electrons. The van der Waals surface area contributed by atoms with Gasteiger partial charge in [-0.1, -0.05) is 18.9 Å². The van der Waals surface area contributed by atoms with Gasteiger partial charge in [0.15, 0.2) is 0 Å². The molecular formula is C17H19FN2O3. The molecule has 23 heavy (non-hydrogen) atoms. The number of hydrogen-bond donors (Lipinski definition) is 3. The fourth-order valence-electron chi connectivity index (χ4n) is 3.45. The smallest absolute Gasteiger partial charge is 0.308 e. The lowest BCUT2D eigenvalue weighted by Crippen LogP contribution is -2.55. The minimum atomic E-state index is -0.893. The summed E-state index contributed by atoms with van der Waals surface area (Å²) in [4.78, 5) is 26.9. The fourth-order valence-corrected chi connectivity index (χ4v) is 3.45. The Labute approximate surface area is 132 Å². The standard InChI is InChI=1S/C17H19FN2O3/c1-17(8-3-2-5-11(17)16(22)23)20-15(21)14-9-10-12(18)6-4-7-13(10)19-14/h4,6-7,9,11,19H,2-3,5,8H2,1H3,(H,20,21)(H,22,23). The molecule has 1 aromatic heterocycles. The molecule has 0 radical (unpaired) electrons. The van der Waals surface area contributed by atoms with Gasteiger partial charge in [-0.3, -0.25) is 9.59 Å². The van der Waals surface area contributed by atoms with Gasteiger partial charge in [0.2, 0.25) is 0 Å². The second-order valence-electron chi connectivity index (χ2n) is 6.39. The molecular weight excluding hydrogens is 299 g/mol. The third-order valence-electron chi connectivity index (χ3n) is 4.76. The lowest BCUT2D eigenvalue weighted by molar-refractivity contribution is -0.145. The van der Waals surface area contributed by atoms with Crippen molar-refractivity contribution in [2.24, 2.45) is 5.92 Å². The van der Waals surface area contributed by atoms with E-state index in [1.807, 2.05) is 0 Å². The van der Waals surface area contributed by atoms with Crippen LogP contribution in [0.4, 0.5) is 4.39 Å². The van der Waals surface area contributed by atoms with Crippen molar-refractivity contribution < 1.29 is 19.1 Å². The van der Waals surface area contributed by atoms with Crippen LogP contribution in [0.25, 0.3) is 10.9 Å². The highest BCUT2D eigenvalue weighted by molar-refractivity contribution is 5.98. The van der Waals surface area contributed by atoms with E-state index < -0.39 is 29.2 Å². The first kappa shape index (κ1) is 15.5. The lowest BCUT2D eigenvalue weighted by Gasteiger charge is -2.39. The van der Waals surface area contributed by atoms with Crippen molar-refractivity contribution in [2.45, 2.75) is 38.1 Å². The van der Waals surface area contributed by atoms with Gasteiger partial charge >= 0.3 is 5.97 Å². The molecule has 1 aromatic carbocycles. The number of carbonyl (C=O) groups is 2. The number of nitrogens with one attached hydrogen (secondary N) is 2. The second kappa shape index (κ2) is 5.68. The molecule has 2 unspecified atom stereocenters. The second-order valence-corrected chi connectivity index (χ2v) is 6.39. The van der Waals surface area contributed by atoms with Crippen LogP contribution >= 0.6 is 0 Å². The van der Waals surface area contributed by atoms with Crippen LogP contribution in [-0.4, -0.2) is 27.5 Å². The number of carboxylic acid groups (broad SMARTS) is 1. The van der Waals surface area contributed by atoms with E-state index in [1.165, 1.54) is 12.1 Å². The highest BCUT2D eigenvalue weighted by atomic mass is 19.1. The number of carboxylic acids is 1. The normalized spacial score (nSPS) is 24.5. The molecule has 1 aliphatic rings. The molecule has 5 nitrogen and oxygen atoms in total. The van der Waals surface area contributed by atoms with E-state index in [-0.39, 0.29) is 5.69 Å². The first-order valence-electron chi connectivity index (χ1n) is 7.73. The number of aliphatic carboxylic acids is 1. The summed E-state index contributed by atoms with van der Waals surface area (Å²) in [6.45, 7) is 1.77. The number of hydrogen-bond acceptors (Lipinski definition) is 2. The molecule has 0 spiro atoms. The number of H-pyrrole nitrogens is 1. The molecule has 1 amide bonds. The molecule has 2 atom stereocenters. The predicted molar refractivity (Wildman–Crippen MR) is 83.7 cm³/mol. The van der Waals surface area contributed by atoms with E-state index in [0.717, 1.165) is 12.8 Å². The van der Waals surface area contributed by atoms with Crippen LogP contribution in [0, 0.1) is 11.7 Å². The van der Waals surface area contributed by atoms with Crippen LogP contribution in [0.1, 0.15) is 43.1 Å². The van der Waals surface area contributed by atoms with E-state index in [4.69, 9.17) is 0 Å². The van der Waals surface area contributed by atoms with Crippen molar-refractivity contribution in [3.63, 3.8) is 0 Å². The average molecular weight is 318 g/mol. The minimum Gasteiger partial charge on any atom is -0.481 e. The van der Waals surface area contributed by atoms with Gasteiger partial charge in [0.25, 0.3) is 5.91 Å². The highest BCUT2D eigenvalue weighted by Gasteiger charge is 2.42. The largest absolute Gasteiger partial charge is 0.481 e. The number of aromatic amines is 1. The zero-order valence-corrected chi connectivity index (χ0v) is 12.9. The SMILES string of the molecule is CC1(NC(=O)c2cc3c(F)cccc3[nH]2)CCCCC1C(=O)O. The fraction of sp³-hybridized carbons (Fsp3) is 0.412. The van der Waals surface area contributed by atoms with E-state index >= 15 is 0 Å². The van der Waals surface area contributed by atoms with Crippen LogP contribution in [-0.2, 0) is 4.79 Å². The summed E-state index contributed by atoms with van der Waals surface area (Å²) in [5.41, 5.74) is -0.0171. The number of fused-ring (bicyclic) bond motifs is 1. The maximum atomic E-state index is 13.7. The van der Waals surface area contributed by atoms with Crippen molar-refractivity contribution in [1.82, 2.24) is 10.3 Å². The Balaban J connectivity index is 1.87. The Morgan fingerprint density at radius 3 is 2.87 bits per heavy atom. The Bertz CT molecular complexity index is 770. The molecule has 0 aliphatic heterocycles. The number of amides is 1. The Morgan fingerprint density at radius 1 is 1.39 bits per heavy atom. The molecule has 0 bridgehead atoms. The third kappa shape index (κ3) is 2.81. The maximum Gasteiger partial charge on any atom is 0.308 e. The van der Waals surface area contributed by atoms with Crippen molar-refractivity contribution >= 4 is 22.8 Å². The van der Waals surface area contributed by atoms with E-state index in [0.29, 0.717) is 23.7 Å². The monoisotopic (exact) mass is 318 g/mol. The van der Waals surface area contributed by atoms with Gasteiger partial charge in [-0.05, 0) is 38.0 Å². The maximum absolute atomic E-state index is 13.7. The summed E-state index contributed by atoms with van der Waals surface area (Å²) >= 11 is 0. The van der Waals surface area contributed by atoms with Gasteiger partial charge in [-0.2, -0.15) is 0 Å². The van der Waals surface area contributed by atoms with Crippen LogP contribution in [0.2, 0.25) is 0 Å².